The van der Waals surface area contributed by atoms with Crippen LogP contribution in [0.1, 0.15) is 19.3 Å². The Balaban J connectivity index is 2.49. The molecule has 4 heteroatoms. The van der Waals surface area contributed by atoms with Crippen molar-refractivity contribution >= 4 is 22.9 Å². The first kappa shape index (κ1) is 6.38. The molecule has 2 rings (SSSR count). The number of ether oxygens (including phenoxy) is 1. The molecule has 12 heavy (non-hydrogen) atoms. The normalized spacial score (nSPS) is 29.0. The Morgan fingerprint density at radius 2 is 2.75 bits per heavy atom. The predicted octanol–water partition coefficient (Wildman–Crippen LogP) is 1.97. The van der Waals surface area contributed by atoms with Gasteiger partial charge in [-0.05, 0) is 18.0 Å². The van der Waals surface area contributed by atoms with E-state index in [1.54, 1.807) is 6.07 Å². The van der Waals surface area contributed by atoms with Gasteiger partial charge in [0, 0.05) is 14.2 Å². The summed E-state index contributed by atoms with van der Waals surface area (Å²) >= 11 is 7.20. The topological polar surface area (TPSA) is 35.2 Å². The molecule has 1 aliphatic heterocycles. The second kappa shape index (κ2) is 3.34. The van der Waals surface area contributed by atoms with Crippen LogP contribution in [0.4, 0.5) is 0 Å². The smallest absolute Gasteiger partial charge is 0.104 e. The molecule has 66 valence electrons. The van der Waals surface area contributed by atoms with Gasteiger partial charge in [-0.2, -0.15) is 0 Å². The highest BCUT2D eigenvalue weighted by atomic mass is 35.5. The summed E-state index contributed by atoms with van der Waals surface area (Å²) in [6, 6.07) is 1.67. The van der Waals surface area contributed by atoms with Gasteiger partial charge in [-0.1, -0.05) is 11.6 Å². The lowest BCUT2D eigenvalue weighted by Gasteiger charge is -2.21. The molecule has 0 saturated heterocycles. The molecule has 0 saturated carbocycles. The zero-order chi connectivity index (χ0) is 10.3. The van der Waals surface area contributed by atoms with Crippen LogP contribution in [0.25, 0.3) is 0 Å². The number of rotatable bonds is 1. The first-order valence-electron chi connectivity index (χ1n) is 4.66. The summed E-state index contributed by atoms with van der Waals surface area (Å²) in [4.78, 5) is 0.828. The first-order chi connectivity index (χ1) is 6.54. The highest BCUT2D eigenvalue weighted by molar-refractivity contribution is 7.16. The van der Waals surface area contributed by atoms with Crippen molar-refractivity contribution in [3.8, 4) is 0 Å². The van der Waals surface area contributed by atoms with Crippen LogP contribution in [-0.4, -0.2) is 13.2 Å². The third-order valence-corrected chi connectivity index (χ3v) is 3.14. The Hall–Kier alpha value is -0.0900. The fraction of sp³-hybridized carbons (Fsp3) is 0.500. The summed E-state index contributed by atoms with van der Waals surface area (Å²) in [7, 11) is 0. The molecule has 0 bridgehead atoms. The van der Waals surface area contributed by atoms with E-state index < -0.39 is 6.37 Å². The van der Waals surface area contributed by atoms with E-state index in [0.717, 1.165) is 4.88 Å². The second-order valence-corrected chi connectivity index (χ2v) is 4.26. The van der Waals surface area contributed by atoms with Crippen molar-refractivity contribution in [2.24, 2.45) is 5.73 Å². The Morgan fingerprint density at radius 1 is 1.92 bits per heavy atom. The monoisotopic (exact) mass is 205 g/mol. The minimum absolute atomic E-state index is 0.0505. The molecule has 1 atom stereocenters. The lowest BCUT2D eigenvalue weighted by molar-refractivity contribution is 0.0515. The van der Waals surface area contributed by atoms with Crippen molar-refractivity contribution < 1.29 is 7.48 Å². The second-order valence-electron chi connectivity index (χ2n) is 2.54. The summed E-state index contributed by atoms with van der Waals surface area (Å²) in [5.41, 5.74) is 6.17. The third kappa shape index (κ3) is 1.38. The fourth-order valence-corrected chi connectivity index (χ4v) is 2.50. The van der Waals surface area contributed by atoms with E-state index in [9.17, 15) is 0 Å². The summed E-state index contributed by atoms with van der Waals surface area (Å²) in [6.07, 6.45) is -1.64. The van der Waals surface area contributed by atoms with Crippen LogP contribution in [0.5, 0.6) is 0 Å². The van der Waals surface area contributed by atoms with Crippen LogP contribution in [-0.2, 0) is 11.1 Å². The molecule has 0 radical (unpaired) electrons. The number of hydrogen-bond acceptors (Lipinski definition) is 3. The van der Waals surface area contributed by atoms with Gasteiger partial charge in [0.05, 0.1) is 10.9 Å². The van der Waals surface area contributed by atoms with E-state index in [1.807, 2.05) is 0 Å². The highest BCUT2D eigenvalue weighted by Crippen LogP contribution is 2.36. The van der Waals surface area contributed by atoms with Gasteiger partial charge in [-0.25, -0.2) is 0 Å². The van der Waals surface area contributed by atoms with Gasteiger partial charge in [0.1, 0.15) is 6.10 Å². The average molecular weight is 206 g/mol. The van der Waals surface area contributed by atoms with Gasteiger partial charge in [0.15, 0.2) is 0 Å². The molecule has 1 aliphatic rings. The Kier molecular flexibility index (Phi) is 1.78. The predicted molar refractivity (Wildman–Crippen MR) is 50.8 cm³/mol. The zero-order valence-corrected chi connectivity index (χ0v) is 7.91. The number of halogens is 1. The largest absolute Gasteiger partial charge is 0.371 e. The SMILES string of the molecule is [2H]C1([2H])COC(CN)c2sc(Cl)cc21. The molecule has 1 aromatic rings. The van der Waals surface area contributed by atoms with Gasteiger partial charge < -0.3 is 10.5 Å². The molecule has 2 nitrogen and oxygen atoms in total. The van der Waals surface area contributed by atoms with Crippen molar-refractivity contribution in [2.75, 3.05) is 13.2 Å². The maximum absolute atomic E-state index is 7.74. The van der Waals surface area contributed by atoms with Crippen molar-refractivity contribution in [2.45, 2.75) is 12.5 Å². The number of nitrogens with two attached hydrogens (primary N) is 1. The fourth-order valence-electron chi connectivity index (χ4n) is 1.22. The molecule has 0 fully saturated rings. The minimum atomic E-state index is -1.44. The van der Waals surface area contributed by atoms with Crippen LogP contribution in [0, 0.1) is 0 Å². The van der Waals surface area contributed by atoms with Gasteiger partial charge in [0.25, 0.3) is 0 Å². The summed E-state index contributed by atoms with van der Waals surface area (Å²) in [6.45, 7) is 0.412. The summed E-state index contributed by atoms with van der Waals surface area (Å²) < 4.78 is 21.4. The molecule has 0 amide bonds. The minimum Gasteiger partial charge on any atom is -0.371 e. The number of hydrogen-bond donors (Lipinski definition) is 1. The number of thiophene rings is 1. The Bertz CT molecular complexity index is 355. The van der Waals surface area contributed by atoms with Crippen LogP contribution in [0.2, 0.25) is 4.34 Å². The molecule has 1 aromatic heterocycles. The van der Waals surface area contributed by atoms with Crippen molar-refractivity contribution in [3.05, 3.63) is 20.8 Å². The Labute approximate surface area is 83.1 Å². The molecular formula is C8H10ClNOS. The van der Waals surface area contributed by atoms with Gasteiger partial charge in [-0.3, -0.25) is 0 Å². The maximum Gasteiger partial charge on any atom is 0.104 e. The van der Waals surface area contributed by atoms with E-state index >= 15 is 0 Å². The van der Waals surface area contributed by atoms with Crippen molar-refractivity contribution in [1.82, 2.24) is 0 Å². The summed E-state index contributed by atoms with van der Waals surface area (Å²) in [5.74, 6) is 0. The van der Waals surface area contributed by atoms with Gasteiger partial charge >= 0.3 is 0 Å². The molecule has 0 aromatic carbocycles. The van der Waals surface area contributed by atoms with Crippen LogP contribution in [0.15, 0.2) is 6.07 Å². The molecular weight excluding hydrogens is 194 g/mol. The highest BCUT2D eigenvalue weighted by Gasteiger charge is 2.21. The van der Waals surface area contributed by atoms with Crippen LogP contribution < -0.4 is 5.73 Å². The van der Waals surface area contributed by atoms with E-state index in [-0.39, 0.29) is 12.7 Å². The van der Waals surface area contributed by atoms with Gasteiger partial charge in [0.2, 0.25) is 0 Å². The molecule has 1 unspecified atom stereocenters. The van der Waals surface area contributed by atoms with Crippen LogP contribution in [0.3, 0.4) is 0 Å². The quantitative estimate of drug-likeness (QED) is 0.761. The Morgan fingerprint density at radius 3 is 3.50 bits per heavy atom. The third-order valence-electron chi connectivity index (χ3n) is 1.78. The van der Waals surface area contributed by atoms with Crippen LogP contribution >= 0.6 is 22.9 Å². The average Bonchev–Trinajstić information content (AvgIpc) is 2.48. The lowest BCUT2D eigenvalue weighted by atomic mass is 10.1. The van der Waals surface area contributed by atoms with Crippen molar-refractivity contribution in [3.63, 3.8) is 0 Å². The first-order valence-corrected chi connectivity index (χ1v) is 4.85. The van der Waals surface area contributed by atoms with Gasteiger partial charge in [-0.15, -0.1) is 11.3 Å². The molecule has 0 aliphatic carbocycles. The zero-order valence-electron chi connectivity index (χ0n) is 8.34. The standard InChI is InChI=1S/C8H10ClNOS/c9-7-3-5-1-2-11-6(4-10)8(5)12-7/h3,6H,1-2,4,10H2/i1D2. The molecule has 0 spiro atoms. The molecule has 2 heterocycles. The van der Waals surface area contributed by atoms with E-state index in [1.165, 1.54) is 11.3 Å². The van der Waals surface area contributed by atoms with Crippen molar-refractivity contribution in [1.29, 1.82) is 0 Å². The number of fused-ring (bicyclic) bond motifs is 1. The van der Waals surface area contributed by atoms with E-state index in [4.69, 9.17) is 24.8 Å². The van der Waals surface area contributed by atoms with E-state index in [0.29, 0.717) is 16.4 Å². The molecule has 2 N–H and O–H groups in total. The summed E-state index contributed by atoms with van der Waals surface area (Å²) in [5, 5.41) is 0. The van der Waals surface area contributed by atoms with E-state index in [2.05, 4.69) is 0 Å². The maximum atomic E-state index is 7.74. The lowest BCUT2D eigenvalue weighted by Crippen LogP contribution is -2.21.